The van der Waals surface area contributed by atoms with Crippen LogP contribution in [0.15, 0.2) is 30.3 Å². The Morgan fingerprint density at radius 3 is 2.09 bits per heavy atom. The van der Waals surface area contributed by atoms with Crippen molar-refractivity contribution in [2.75, 3.05) is 6.54 Å². The second-order valence-electron chi connectivity index (χ2n) is 8.75. The molecule has 0 saturated carbocycles. The topological polar surface area (TPSA) is 29.1 Å². The lowest BCUT2D eigenvalue weighted by molar-refractivity contribution is -0.126. The van der Waals surface area contributed by atoms with Crippen molar-refractivity contribution in [2.45, 2.75) is 60.8 Å². The molecule has 2 heteroatoms. The molecule has 0 spiro atoms. The third-order valence-electron chi connectivity index (χ3n) is 3.73. The van der Waals surface area contributed by atoms with Crippen LogP contribution in [-0.2, 0) is 11.2 Å². The quantitative estimate of drug-likeness (QED) is 0.801. The SMILES string of the molecule is CC(C)(C)CCNC(=O)C(Cc1ccccc1)CC(C)(C)C. The minimum Gasteiger partial charge on any atom is -0.356 e. The molecule has 0 bridgehead atoms. The molecule has 22 heavy (non-hydrogen) atoms. The van der Waals surface area contributed by atoms with Crippen LogP contribution in [0.2, 0.25) is 0 Å². The molecule has 1 unspecified atom stereocenters. The Hall–Kier alpha value is -1.31. The van der Waals surface area contributed by atoms with Gasteiger partial charge in [-0.25, -0.2) is 0 Å². The number of carbonyl (C=O) groups is 1. The number of carbonyl (C=O) groups excluding carboxylic acids is 1. The van der Waals surface area contributed by atoms with Gasteiger partial charge in [-0.05, 0) is 35.7 Å². The van der Waals surface area contributed by atoms with Crippen molar-refractivity contribution < 1.29 is 4.79 Å². The second kappa shape index (κ2) is 7.80. The van der Waals surface area contributed by atoms with Gasteiger partial charge in [0.15, 0.2) is 0 Å². The highest BCUT2D eigenvalue weighted by Crippen LogP contribution is 2.27. The predicted octanol–water partition coefficient (Wildman–Crippen LogP) is 4.83. The molecule has 0 saturated heterocycles. The van der Waals surface area contributed by atoms with Crippen LogP contribution in [0.4, 0.5) is 0 Å². The third-order valence-corrected chi connectivity index (χ3v) is 3.73. The predicted molar refractivity (Wildman–Crippen MR) is 94.8 cm³/mol. The largest absolute Gasteiger partial charge is 0.356 e. The van der Waals surface area contributed by atoms with Crippen LogP contribution < -0.4 is 5.32 Å². The fourth-order valence-corrected chi connectivity index (χ4v) is 2.60. The summed E-state index contributed by atoms with van der Waals surface area (Å²) in [7, 11) is 0. The molecule has 1 N–H and O–H groups in total. The maximum atomic E-state index is 12.6. The summed E-state index contributed by atoms with van der Waals surface area (Å²) in [5.41, 5.74) is 1.65. The van der Waals surface area contributed by atoms with E-state index in [2.05, 4.69) is 59.0 Å². The highest BCUT2D eigenvalue weighted by molar-refractivity contribution is 5.79. The summed E-state index contributed by atoms with van der Waals surface area (Å²) in [6, 6.07) is 10.3. The molecular weight excluding hydrogens is 270 g/mol. The molecule has 0 aliphatic rings. The smallest absolute Gasteiger partial charge is 0.223 e. The molecule has 1 rings (SSSR count). The fourth-order valence-electron chi connectivity index (χ4n) is 2.60. The molecule has 1 aromatic rings. The Kier molecular flexibility index (Phi) is 6.65. The molecule has 0 aliphatic carbocycles. The molecule has 2 nitrogen and oxygen atoms in total. The highest BCUT2D eigenvalue weighted by atomic mass is 16.1. The molecule has 1 atom stereocenters. The zero-order valence-corrected chi connectivity index (χ0v) is 15.2. The van der Waals surface area contributed by atoms with Gasteiger partial charge >= 0.3 is 0 Å². The molecular formula is C20H33NO. The molecule has 0 fully saturated rings. The van der Waals surface area contributed by atoms with Gasteiger partial charge in [0.25, 0.3) is 0 Å². The summed E-state index contributed by atoms with van der Waals surface area (Å²) >= 11 is 0. The molecule has 1 amide bonds. The van der Waals surface area contributed by atoms with Crippen molar-refractivity contribution >= 4 is 5.91 Å². The van der Waals surface area contributed by atoms with Gasteiger partial charge in [0.05, 0.1) is 0 Å². The maximum absolute atomic E-state index is 12.6. The van der Waals surface area contributed by atoms with E-state index in [0.717, 1.165) is 25.8 Å². The van der Waals surface area contributed by atoms with Crippen molar-refractivity contribution in [3.8, 4) is 0 Å². The van der Waals surface area contributed by atoms with E-state index < -0.39 is 0 Å². The van der Waals surface area contributed by atoms with E-state index in [0.29, 0.717) is 0 Å². The first-order valence-corrected chi connectivity index (χ1v) is 8.38. The van der Waals surface area contributed by atoms with Gasteiger partial charge in [0, 0.05) is 12.5 Å². The number of amides is 1. The van der Waals surface area contributed by atoms with Gasteiger partial charge in [0.1, 0.15) is 0 Å². The first kappa shape index (κ1) is 18.7. The Morgan fingerprint density at radius 2 is 1.59 bits per heavy atom. The van der Waals surface area contributed by atoms with Crippen molar-refractivity contribution in [1.82, 2.24) is 5.32 Å². The molecule has 0 aliphatic heterocycles. The first-order chi connectivity index (χ1) is 10.1. The zero-order valence-electron chi connectivity index (χ0n) is 15.2. The van der Waals surface area contributed by atoms with Gasteiger partial charge < -0.3 is 5.32 Å². The zero-order chi connectivity index (χ0) is 16.8. The second-order valence-corrected chi connectivity index (χ2v) is 8.75. The lowest BCUT2D eigenvalue weighted by atomic mass is 9.81. The molecule has 124 valence electrons. The Morgan fingerprint density at radius 1 is 1.00 bits per heavy atom. The number of rotatable bonds is 6. The van der Waals surface area contributed by atoms with Gasteiger partial charge in [-0.15, -0.1) is 0 Å². The van der Waals surface area contributed by atoms with E-state index in [4.69, 9.17) is 0 Å². The fraction of sp³-hybridized carbons (Fsp3) is 0.650. The standard InChI is InChI=1S/C20H33NO/c1-19(2,3)12-13-21-18(22)17(15-20(4,5)6)14-16-10-8-7-9-11-16/h7-11,17H,12-15H2,1-6H3,(H,21,22). The molecule has 1 aromatic carbocycles. The van der Waals surface area contributed by atoms with Crippen LogP contribution in [0, 0.1) is 16.7 Å². The van der Waals surface area contributed by atoms with Crippen LogP contribution in [0.1, 0.15) is 59.9 Å². The average Bonchev–Trinajstić information content (AvgIpc) is 2.36. The first-order valence-electron chi connectivity index (χ1n) is 8.38. The maximum Gasteiger partial charge on any atom is 0.223 e. The number of hydrogen-bond acceptors (Lipinski definition) is 1. The van der Waals surface area contributed by atoms with Crippen LogP contribution >= 0.6 is 0 Å². The summed E-state index contributed by atoms with van der Waals surface area (Å²) in [4.78, 5) is 12.6. The van der Waals surface area contributed by atoms with Gasteiger partial charge in [-0.1, -0.05) is 71.9 Å². The molecule has 0 radical (unpaired) electrons. The van der Waals surface area contributed by atoms with Gasteiger partial charge in [0.2, 0.25) is 5.91 Å². The van der Waals surface area contributed by atoms with Crippen molar-refractivity contribution in [1.29, 1.82) is 0 Å². The number of hydrogen-bond donors (Lipinski definition) is 1. The van der Waals surface area contributed by atoms with E-state index in [1.54, 1.807) is 0 Å². The van der Waals surface area contributed by atoms with E-state index in [1.807, 2.05) is 18.2 Å². The average molecular weight is 303 g/mol. The Bertz CT molecular complexity index is 451. The monoisotopic (exact) mass is 303 g/mol. The van der Waals surface area contributed by atoms with E-state index in [1.165, 1.54) is 5.56 Å². The summed E-state index contributed by atoms with van der Waals surface area (Å²) in [6.45, 7) is 14.0. The molecule has 0 aromatic heterocycles. The van der Waals surface area contributed by atoms with Crippen molar-refractivity contribution in [3.05, 3.63) is 35.9 Å². The van der Waals surface area contributed by atoms with Crippen molar-refractivity contribution in [2.24, 2.45) is 16.7 Å². The van der Waals surface area contributed by atoms with Crippen LogP contribution in [0.5, 0.6) is 0 Å². The number of nitrogens with one attached hydrogen (secondary N) is 1. The molecule has 0 heterocycles. The van der Waals surface area contributed by atoms with E-state index in [-0.39, 0.29) is 22.7 Å². The van der Waals surface area contributed by atoms with Crippen molar-refractivity contribution in [3.63, 3.8) is 0 Å². The van der Waals surface area contributed by atoms with E-state index in [9.17, 15) is 4.79 Å². The lowest BCUT2D eigenvalue weighted by Crippen LogP contribution is -2.35. The Labute approximate surface area is 136 Å². The Balaban J connectivity index is 2.66. The summed E-state index contributed by atoms with van der Waals surface area (Å²) in [5, 5.41) is 3.14. The van der Waals surface area contributed by atoms with Gasteiger partial charge in [-0.3, -0.25) is 4.79 Å². The summed E-state index contributed by atoms with van der Waals surface area (Å²) < 4.78 is 0. The van der Waals surface area contributed by atoms with Crippen LogP contribution in [0.3, 0.4) is 0 Å². The van der Waals surface area contributed by atoms with Crippen LogP contribution in [0.25, 0.3) is 0 Å². The normalized spacial score (nSPS) is 13.7. The van der Waals surface area contributed by atoms with E-state index >= 15 is 0 Å². The minimum absolute atomic E-state index is 0.0439. The lowest BCUT2D eigenvalue weighted by Gasteiger charge is -2.26. The van der Waals surface area contributed by atoms with Gasteiger partial charge in [-0.2, -0.15) is 0 Å². The summed E-state index contributed by atoms with van der Waals surface area (Å²) in [5.74, 6) is 0.241. The van der Waals surface area contributed by atoms with Crippen LogP contribution in [-0.4, -0.2) is 12.5 Å². The highest BCUT2D eigenvalue weighted by Gasteiger charge is 2.25. The summed E-state index contributed by atoms with van der Waals surface area (Å²) in [6.07, 6.45) is 2.73. The number of benzene rings is 1. The minimum atomic E-state index is 0.0439. The third kappa shape index (κ3) is 8.21.